The molecule has 1 fully saturated rings. The second-order valence-electron chi connectivity index (χ2n) is 7.31. The van der Waals surface area contributed by atoms with Crippen molar-refractivity contribution < 1.29 is 28.9 Å². The van der Waals surface area contributed by atoms with Gasteiger partial charge < -0.3 is 24.2 Å². The Balaban J connectivity index is 1.86. The van der Waals surface area contributed by atoms with Gasteiger partial charge in [0.2, 0.25) is 0 Å². The van der Waals surface area contributed by atoms with Crippen LogP contribution < -0.4 is 4.74 Å². The van der Waals surface area contributed by atoms with Gasteiger partial charge in [0.1, 0.15) is 17.5 Å². The summed E-state index contributed by atoms with van der Waals surface area (Å²) in [4.78, 5) is 24.9. The minimum Gasteiger partial charge on any atom is -0.490 e. The van der Waals surface area contributed by atoms with E-state index < -0.39 is 17.7 Å². The second kappa shape index (κ2) is 8.40. The summed E-state index contributed by atoms with van der Waals surface area (Å²) < 4.78 is 16.3. The van der Waals surface area contributed by atoms with E-state index in [4.69, 9.17) is 19.3 Å². The molecule has 7 heteroatoms. The summed E-state index contributed by atoms with van der Waals surface area (Å²) in [6.07, 6.45) is 0.172. The number of methoxy groups -OCH3 is 1. The lowest BCUT2D eigenvalue weighted by Gasteiger charge is -2.33. The first-order valence-corrected chi connectivity index (χ1v) is 8.70. The number of carbonyl (C=O) groups excluding carboxylic acids is 1. The Morgan fingerprint density at radius 3 is 2.19 bits per heavy atom. The molecule has 1 N–H and O–H groups in total. The van der Waals surface area contributed by atoms with Gasteiger partial charge in [0.25, 0.3) is 0 Å². The number of carboxylic acids is 1. The van der Waals surface area contributed by atoms with Crippen molar-refractivity contribution in [1.29, 1.82) is 0 Å². The van der Waals surface area contributed by atoms with Crippen molar-refractivity contribution in [2.24, 2.45) is 0 Å². The summed E-state index contributed by atoms with van der Waals surface area (Å²) in [6.45, 7) is 6.72. The number of carboxylic acid groups (broad SMARTS) is 1. The first kappa shape index (κ1) is 20.0. The third-order valence-electron chi connectivity index (χ3n) is 4.04. The quantitative estimate of drug-likeness (QED) is 0.862. The Bertz CT molecular complexity index is 614. The number of benzene rings is 1. The van der Waals surface area contributed by atoms with Crippen molar-refractivity contribution in [3.05, 3.63) is 29.8 Å². The molecule has 1 aliphatic heterocycles. The van der Waals surface area contributed by atoms with Gasteiger partial charge in [-0.25, -0.2) is 9.59 Å². The van der Waals surface area contributed by atoms with E-state index in [0.717, 1.165) is 12.8 Å². The van der Waals surface area contributed by atoms with Crippen molar-refractivity contribution >= 4 is 12.1 Å². The van der Waals surface area contributed by atoms with Gasteiger partial charge in [0, 0.05) is 33.0 Å². The average molecular weight is 365 g/mol. The van der Waals surface area contributed by atoms with E-state index in [-0.39, 0.29) is 12.2 Å². The maximum absolute atomic E-state index is 12.1. The highest BCUT2D eigenvalue weighted by atomic mass is 16.6. The van der Waals surface area contributed by atoms with Gasteiger partial charge in [-0.1, -0.05) is 12.1 Å². The highest BCUT2D eigenvalue weighted by Gasteiger charge is 2.27. The van der Waals surface area contributed by atoms with Gasteiger partial charge in [-0.05, 0) is 38.5 Å². The number of hydrogen-bond acceptors (Lipinski definition) is 5. The van der Waals surface area contributed by atoms with Crippen molar-refractivity contribution in [3.8, 4) is 5.75 Å². The monoisotopic (exact) mass is 365 g/mol. The molecule has 0 saturated carbocycles. The van der Waals surface area contributed by atoms with Crippen molar-refractivity contribution in [3.63, 3.8) is 0 Å². The molecule has 1 aromatic carbocycles. The molecule has 0 radical (unpaired) electrons. The van der Waals surface area contributed by atoms with Crippen LogP contribution in [0.25, 0.3) is 0 Å². The minimum atomic E-state index is -1.03. The molecule has 0 spiro atoms. The lowest BCUT2D eigenvalue weighted by atomic mass is 10.1. The summed E-state index contributed by atoms with van der Waals surface area (Å²) in [5, 5.41) is 9.10. The first-order chi connectivity index (χ1) is 12.2. The Kier molecular flexibility index (Phi) is 6.47. The highest BCUT2D eigenvalue weighted by Crippen LogP contribution is 2.24. The Hall–Kier alpha value is -2.28. The number of aliphatic carboxylic acids is 1. The fourth-order valence-electron chi connectivity index (χ4n) is 2.78. The van der Waals surface area contributed by atoms with Gasteiger partial charge in [-0.2, -0.15) is 0 Å². The summed E-state index contributed by atoms with van der Waals surface area (Å²) >= 11 is 0. The predicted octanol–water partition coefficient (Wildman–Crippen LogP) is 3.24. The van der Waals surface area contributed by atoms with E-state index in [9.17, 15) is 9.59 Å². The summed E-state index contributed by atoms with van der Waals surface area (Å²) in [7, 11) is 1.36. The van der Waals surface area contributed by atoms with E-state index in [2.05, 4.69) is 0 Å². The average Bonchev–Trinajstić information content (AvgIpc) is 2.56. The molecule has 0 bridgehead atoms. The number of rotatable bonds is 5. The van der Waals surface area contributed by atoms with Crippen LogP contribution in [0, 0.1) is 0 Å². The molecule has 0 aromatic heterocycles. The molecule has 144 valence electrons. The minimum absolute atomic E-state index is 0.0113. The van der Waals surface area contributed by atoms with Gasteiger partial charge in [-0.15, -0.1) is 0 Å². The van der Waals surface area contributed by atoms with Crippen LogP contribution in [0.4, 0.5) is 4.79 Å². The number of carbonyl (C=O) groups is 2. The fourth-order valence-corrected chi connectivity index (χ4v) is 2.78. The predicted molar refractivity (Wildman–Crippen MR) is 95.3 cm³/mol. The van der Waals surface area contributed by atoms with Crippen LogP contribution >= 0.6 is 0 Å². The van der Waals surface area contributed by atoms with Crippen molar-refractivity contribution in [1.82, 2.24) is 4.90 Å². The van der Waals surface area contributed by atoms with Gasteiger partial charge in [-0.3, -0.25) is 0 Å². The van der Waals surface area contributed by atoms with E-state index in [1.54, 1.807) is 29.2 Å². The fraction of sp³-hybridized carbons (Fsp3) is 0.579. The molecule has 1 atom stereocenters. The lowest BCUT2D eigenvalue weighted by Crippen LogP contribution is -2.44. The third-order valence-corrected chi connectivity index (χ3v) is 4.04. The Labute approximate surface area is 153 Å². The number of likely N-dealkylation sites (tertiary alicyclic amines) is 1. The van der Waals surface area contributed by atoms with Crippen LogP contribution in [-0.2, 0) is 14.3 Å². The molecule has 1 aliphatic rings. The van der Waals surface area contributed by atoms with Gasteiger partial charge in [0.05, 0.1) is 0 Å². The summed E-state index contributed by atoms with van der Waals surface area (Å²) in [6, 6.07) is 6.86. The molecule has 0 aliphatic carbocycles. The molecule has 1 unspecified atom stereocenters. The number of nitrogens with zero attached hydrogens (tertiary/aromatic N) is 1. The first-order valence-electron chi connectivity index (χ1n) is 8.70. The number of amides is 1. The Morgan fingerprint density at radius 2 is 1.73 bits per heavy atom. The number of piperidine rings is 1. The molecular formula is C19H27NO6. The van der Waals surface area contributed by atoms with E-state index in [1.165, 1.54) is 7.11 Å². The zero-order valence-electron chi connectivity index (χ0n) is 15.7. The van der Waals surface area contributed by atoms with Crippen LogP contribution in [0.1, 0.15) is 45.3 Å². The normalized spacial score (nSPS) is 16.8. The summed E-state index contributed by atoms with van der Waals surface area (Å²) in [5.74, 6) is -0.361. The zero-order chi connectivity index (χ0) is 19.3. The maximum atomic E-state index is 12.1. The number of ether oxygens (including phenoxy) is 3. The van der Waals surface area contributed by atoms with Crippen LogP contribution in [0.3, 0.4) is 0 Å². The van der Waals surface area contributed by atoms with Crippen LogP contribution in [0.2, 0.25) is 0 Å². The second-order valence-corrected chi connectivity index (χ2v) is 7.31. The molecule has 1 saturated heterocycles. The maximum Gasteiger partial charge on any atom is 0.410 e. The SMILES string of the molecule is COC(C(=O)O)c1ccc(OC2CCN(C(=O)OC(C)(C)C)CC2)cc1. The molecule has 2 rings (SSSR count). The Morgan fingerprint density at radius 1 is 1.15 bits per heavy atom. The van der Waals surface area contributed by atoms with Gasteiger partial charge >= 0.3 is 12.1 Å². The topological polar surface area (TPSA) is 85.3 Å². The smallest absolute Gasteiger partial charge is 0.410 e. The van der Waals surface area contributed by atoms with Crippen molar-refractivity contribution in [2.75, 3.05) is 20.2 Å². The molecular weight excluding hydrogens is 338 g/mol. The molecule has 1 heterocycles. The van der Waals surface area contributed by atoms with E-state index in [1.807, 2.05) is 20.8 Å². The van der Waals surface area contributed by atoms with Gasteiger partial charge in [0.15, 0.2) is 6.10 Å². The van der Waals surface area contributed by atoms with Crippen molar-refractivity contribution in [2.45, 2.75) is 51.4 Å². The lowest BCUT2D eigenvalue weighted by molar-refractivity contribution is -0.148. The molecule has 1 amide bonds. The molecule has 7 nitrogen and oxygen atoms in total. The van der Waals surface area contributed by atoms with Crippen LogP contribution in [0.5, 0.6) is 5.75 Å². The highest BCUT2D eigenvalue weighted by molar-refractivity contribution is 5.74. The zero-order valence-corrected chi connectivity index (χ0v) is 15.7. The standard InChI is InChI=1S/C19H27NO6/c1-19(2,3)26-18(23)20-11-9-15(10-12-20)25-14-7-5-13(6-8-14)16(24-4)17(21)22/h5-8,15-16H,9-12H2,1-4H3,(H,21,22). The third kappa shape index (κ3) is 5.62. The largest absolute Gasteiger partial charge is 0.490 e. The molecule has 1 aromatic rings. The van der Waals surface area contributed by atoms with E-state index >= 15 is 0 Å². The summed E-state index contributed by atoms with van der Waals surface area (Å²) in [5.41, 5.74) is 0.0643. The molecule has 26 heavy (non-hydrogen) atoms. The number of hydrogen-bond donors (Lipinski definition) is 1. The van der Waals surface area contributed by atoms with Crippen LogP contribution in [0.15, 0.2) is 24.3 Å². The van der Waals surface area contributed by atoms with E-state index in [0.29, 0.717) is 24.4 Å². The van der Waals surface area contributed by atoms with Crippen LogP contribution in [-0.4, -0.2) is 54.0 Å².